The van der Waals surface area contributed by atoms with Crippen LogP contribution in [0.1, 0.15) is 81.6 Å². The Morgan fingerprint density at radius 2 is 1.07 bits per heavy atom. The highest BCUT2D eigenvalue weighted by atomic mass is 16.2. The molecule has 0 bridgehead atoms. The van der Waals surface area contributed by atoms with E-state index in [9.17, 15) is 14.4 Å². The molecule has 0 spiro atoms. The quantitative estimate of drug-likeness (QED) is 0.658. The molecule has 3 aliphatic heterocycles. The van der Waals surface area contributed by atoms with Gasteiger partial charge in [-0.1, -0.05) is 55.9 Å². The van der Waals surface area contributed by atoms with Crippen LogP contribution in [0.4, 0.5) is 0 Å². The van der Waals surface area contributed by atoms with Crippen LogP contribution < -0.4 is 16.0 Å². The first-order valence-electron chi connectivity index (χ1n) is 11.1. The standard InChI is InChI=1S/2C7H13NO.C6H11NO.C2H6.CH4/c2*1-5(2)6-3-4-8-7(6)9;1-2-5-3-4-7-6(5)8;1-2;/h2*5-6H,3-4H2,1-2H3,(H,8,9);5H,2-4H2,1H3,(H,7,8);1-2H3;1H4/t6-;;5-;;/m1.1../s1. The third kappa shape index (κ3) is 10.7. The highest BCUT2D eigenvalue weighted by molar-refractivity contribution is 5.81. The van der Waals surface area contributed by atoms with Gasteiger partial charge in [-0.15, -0.1) is 0 Å². The van der Waals surface area contributed by atoms with Gasteiger partial charge in [-0.2, -0.15) is 0 Å². The average molecular weight is 414 g/mol. The molecule has 0 saturated carbocycles. The topological polar surface area (TPSA) is 87.3 Å². The van der Waals surface area contributed by atoms with Gasteiger partial charge < -0.3 is 16.0 Å². The van der Waals surface area contributed by atoms with E-state index in [1.807, 2.05) is 13.8 Å². The molecule has 0 aromatic rings. The second-order valence-corrected chi connectivity index (χ2v) is 8.05. The smallest absolute Gasteiger partial charge is 0.223 e. The van der Waals surface area contributed by atoms with E-state index in [0.29, 0.717) is 17.8 Å². The summed E-state index contributed by atoms with van der Waals surface area (Å²) in [5.74, 6) is 2.62. The molecule has 3 N–H and O–H groups in total. The van der Waals surface area contributed by atoms with Crippen LogP contribution in [0.15, 0.2) is 0 Å². The van der Waals surface area contributed by atoms with Crippen molar-refractivity contribution in [3.05, 3.63) is 0 Å². The van der Waals surface area contributed by atoms with E-state index in [4.69, 9.17) is 0 Å². The molecule has 172 valence electrons. The summed E-state index contributed by atoms with van der Waals surface area (Å²) in [5.41, 5.74) is 0. The second-order valence-electron chi connectivity index (χ2n) is 8.05. The summed E-state index contributed by atoms with van der Waals surface area (Å²) < 4.78 is 0. The summed E-state index contributed by atoms with van der Waals surface area (Å²) in [6, 6.07) is 0. The van der Waals surface area contributed by atoms with Gasteiger partial charge in [0.1, 0.15) is 0 Å². The van der Waals surface area contributed by atoms with E-state index < -0.39 is 0 Å². The lowest BCUT2D eigenvalue weighted by Gasteiger charge is -2.08. The van der Waals surface area contributed by atoms with E-state index in [0.717, 1.165) is 45.3 Å². The molecule has 1 unspecified atom stereocenters. The Balaban J connectivity index is 0. The van der Waals surface area contributed by atoms with Gasteiger partial charge in [-0.05, 0) is 37.5 Å². The molecular formula is C23H47N3O3. The first-order valence-corrected chi connectivity index (χ1v) is 11.1. The molecule has 3 saturated heterocycles. The van der Waals surface area contributed by atoms with Crippen LogP contribution in [-0.2, 0) is 14.4 Å². The maximum atomic E-state index is 10.9. The average Bonchev–Trinajstić information content (AvgIpc) is 3.39. The summed E-state index contributed by atoms with van der Waals surface area (Å²) in [5, 5.41) is 8.41. The predicted octanol–water partition coefficient (Wildman–Crippen LogP) is 3.75. The molecule has 0 radical (unpaired) electrons. The van der Waals surface area contributed by atoms with Gasteiger partial charge >= 0.3 is 0 Å². The SMILES string of the molecule is C.CC.CC(C)C1CCNC1=O.CC(C)[C@H]1CCNC1=O.CC[C@@H]1CCNC1=O. The second kappa shape index (κ2) is 16.2. The van der Waals surface area contributed by atoms with Crippen LogP contribution in [0.5, 0.6) is 0 Å². The van der Waals surface area contributed by atoms with Crippen LogP contribution in [0, 0.1) is 29.6 Å². The van der Waals surface area contributed by atoms with Crippen LogP contribution in [0.2, 0.25) is 0 Å². The van der Waals surface area contributed by atoms with Gasteiger partial charge in [-0.3, -0.25) is 14.4 Å². The Kier molecular flexibility index (Phi) is 16.6. The molecule has 6 heteroatoms. The normalized spacial score (nSPS) is 24.7. The number of nitrogens with one attached hydrogen (secondary N) is 3. The number of carbonyl (C=O) groups is 3. The lowest BCUT2D eigenvalue weighted by Crippen LogP contribution is -2.22. The fourth-order valence-electron chi connectivity index (χ4n) is 3.53. The van der Waals surface area contributed by atoms with Gasteiger partial charge in [0.05, 0.1) is 0 Å². The van der Waals surface area contributed by atoms with Crippen LogP contribution in [0.3, 0.4) is 0 Å². The van der Waals surface area contributed by atoms with Gasteiger partial charge in [0.15, 0.2) is 0 Å². The highest BCUT2D eigenvalue weighted by Gasteiger charge is 2.27. The molecule has 29 heavy (non-hydrogen) atoms. The summed E-state index contributed by atoms with van der Waals surface area (Å²) in [6.45, 7) is 17.1. The summed E-state index contributed by atoms with van der Waals surface area (Å²) in [7, 11) is 0. The Morgan fingerprint density at radius 3 is 1.21 bits per heavy atom. The molecule has 3 amide bonds. The van der Waals surface area contributed by atoms with Crippen molar-refractivity contribution in [1.29, 1.82) is 0 Å². The highest BCUT2D eigenvalue weighted by Crippen LogP contribution is 2.19. The Bertz CT molecular complexity index is 448. The lowest BCUT2D eigenvalue weighted by atomic mass is 9.95. The molecule has 0 aliphatic carbocycles. The zero-order valence-electron chi connectivity index (χ0n) is 19.1. The van der Waals surface area contributed by atoms with E-state index in [2.05, 4.69) is 50.6 Å². The minimum absolute atomic E-state index is 0. The minimum atomic E-state index is 0. The first kappa shape index (κ1) is 29.6. The third-order valence-corrected chi connectivity index (χ3v) is 5.45. The number of carbonyl (C=O) groups excluding carboxylic acids is 3. The fourth-order valence-corrected chi connectivity index (χ4v) is 3.53. The Labute approximate surface area is 179 Å². The molecule has 6 nitrogen and oxygen atoms in total. The minimum Gasteiger partial charge on any atom is -0.356 e. The van der Waals surface area contributed by atoms with Gasteiger partial charge in [0.2, 0.25) is 17.7 Å². The van der Waals surface area contributed by atoms with Crippen molar-refractivity contribution in [1.82, 2.24) is 16.0 Å². The molecule has 0 aromatic carbocycles. The largest absolute Gasteiger partial charge is 0.356 e. The van der Waals surface area contributed by atoms with Crippen molar-refractivity contribution >= 4 is 17.7 Å². The maximum absolute atomic E-state index is 10.9. The molecule has 3 atom stereocenters. The lowest BCUT2D eigenvalue weighted by molar-refractivity contribution is -0.124. The molecular weight excluding hydrogens is 366 g/mol. The Hall–Kier alpha value is -1.59. The molecule has 3 fully saturated rings. The van der Waals surface area contributed by atoms with Crippen molar-refractivity contribution < 1.29 is 14.4 Å². The molecule has 3 rings (SSSR count). The number of hydrogen-bond donors (Lipinski definition) is 3. The predicted molar refractivity (Wildman–Crippen MR) is 121 cm³/mol. The van der Waals surface area contributed by atoms with E-state index in [-0.39, 0.29) is 37.0 Å². The number of hydrogen-bond acceptors (Lipinski definition) is 3. The van der Waals surface area contributed by atoms with Crippen molar-refractivity contribution in [2.75, 3.05) is 19.6 Å². The zero-order valence-corrected chi connectivity index (χ0v) is 19.1. The first-order chi connectivity index (χ1) is 13.3. The van der Waals surface area contributed by atoms with E-state index >= 15 is 0 Å². The molecule has 3 aliphatic rings. The molecule has 3 heterocycles. The summed E-state index contributed by atoms with van der Waals surface area (Å²) in [4.78, 5) is 32.5. The monoisotopic (exact) mass is 413 g/mol. The summed E-state index contributed by atoms with van der Waals surface area (Å²) >= 11 is 0. The molecule has 0 aromatic heterocycles. The van der Waals surface area contributed by atoms with Crippen molar-refractivity contribution in [3.63, 3.8) is 0 Å². The van der Waals surface area contributed by atoms with Crippen molar-refractivity contribution in [2.24, 2.45) is 29.6 Å². The Morgan fingerprint density at radius 1 is 0.724 bits per heavy atom. The van der Waals surface area contributed by atoms with Crippen LogP contribution in [-0.4, -0.2) is 37.4 Å². The zero-order chi connectivity index (χ0) is 21.7. The van der Waals surface area contributed by atoms with E-state index in [1.165, 1.54) is 0 Å². The maximum Gasteiger partial charge on any atom is 0.223 e. The van der Waals surface area contributed by atoms with Crippen LogP contribution >= 0.6 is 0 Å². The third-order valence-electron chi connectivity index (χ3n) is 5.45. The van der Waals surface area contributed by atoms with Gasteiger partial charge in [0, 0.05) is 37.4 Å². The van der Waals surface area contributed by atoms with Crippen LogP contribution in [0.25, 0.3) is 0 Å². The van der Waals surface area contributed by atoms with Crippen molar-refractivity contribution in [3.8, 4) is 0 Å². The van der Waals surface area contributed by atoms with Gasteiger partial charge in [0.25, 0.3) is 0 Å². The van der Waals surface area contributed by atoms with Crippen molar-refractivity contribution in [2.45, 2.75) is 81.6 Å². The van der Waals surface area contributed by atoms with Gasteiger partial charge in [-0.25, -0.2) is 0 Å². The van der Waals surface area contributed by atoms with E-state index in [1.54, 1.807) is 0 Å². The number of amides is 3. The number of rotatable bonds is 3. The fraction of sp³-hybridized carbons (Fsp3) is 0.870. The summed E-state index contributed by atoms with van der Waals surface area (Å²) in [6.07, 6.45) is 4.08.